The van der Waals surface area contributed by atoms with Gasteiger partial charge in [0.2, 0.25) is 0 Å². The molecule has 0 bridgehead atoms. The van der Waals surface area contributed by atoms with Crippen LogP contribution in [0.5, 0.6) is 0 Å². The molecule has 0 aliphatic carbocycles. The van der Waals surface area contributed by atoms with E-state index in [2.05, 4.69) is 23.6 Å². The molecule has 0 spiro atoms. The maximum Gasteiger partial charge on any atom is 0.338 e. The van der Waals surface area contributed by atoms with Gasteiger partial charge in [0.05, 0.1) is 5.56 Å². The first-order valence-corrected chi connectivity index (χ1v) is 7.87. The molecule has 1 unspecified atom stereocenters. The van der Waals surface area contributed by atoms with E-state index in [1.165, 1.54) is 0 Å². The Morgan fingerprint density at radius 1 is 1.08 bits per heavy atom. The summed E-state index contributed by atoms with van der Waals surface area (Å²) in [7, 11) is 4.02. The predicted octanol–water partition coefficient (Wildman–Crippen LogP) is 4.57. The van der Waals surface area contributed by atoms with Gasteiger partial charge in [0.1, 0.15) is 6.10 Å². The lowest BCUT2D eigenvalue weighted by Crippen LogP contribution is -2.16. The first-order chi connectivity index (χ1) is 11.5. The van der Waals surface area contributed by atoms with Gasteiger partial charge in [0.15, 0.2) is 0 Å². The van der Waals surface area contributed by atoms with E-state index in [0.717, 1.165) is 16.8 Å². The summed E-state index contributed by atoms with van der Waals surface area (Å²) in [5, 5.41) is 0. The summed E-state index contributed by atoms with van der Waals surface area (Å²) < 4.78 is 5.44. The molecule has 3 nitrogen and oxygen atoms in total. The van der Waals surface area contributed by atoms with Crippen molar-refractivity contribution in [2.45, 2.75) is 13.0 Å². The second-order valence-electron chi connectivity index (χ2n) is 5.81. The number of rotatable bonds is 6. The van der Waals surface area contributed by atoms with Gasteiger partial charge in [0, 0.05) is 19.8 Å². The number of nitrogens with zero attached hydrogens (tertiary/aromatic N) is 1. The molecule has 2 aromatic carbocycles. The molecule has 0 N–H and O–H groups in total. The van der Waals surface area contributed by atoms with E-state index in [1.807, 2.05) is 63.5 Å². The van der Waals surface area contributed by atoms with Crippen molar-refractivity contribution in [1.29, 1.82) is 0 Å². The SMILES string of the molecule is C=C(/C=C/c1ccc(N(C)C)cc1)C(C)OC(=O)c1ccccc1. The van der Waals surface area contributed by atoms with Gasteiger partial charge in [-0.1, -0.05) is 49.1 Å². The third-order valence-corrected chi connectivity index (χ3v) is 3.71. The number of carbonyl (C=O) groups is 1. The number of benzene rings is 2. The van der Waals surface area contributed by atoms with E-state index in [4.69, 9.17) is 4.74 Å². The summed E-state index contributed by atoms with van der Waals surface area (Å²) in [6.45, 7) is 5.81. The molecule has 0 heterocycles. The van der Waals surface area contributed by atoms with Gasteiger partial charge >= 0.3 is 5.97 Å². The van der Waals surface area contributed by atoms with Crippen molar-refractivity contribution in [3.63, 3.8) is 0 Å². The highest BCUT2D eigenvalue weighted by Crippen LogP contribution is 2.15. The topological polar surface area (TPSA) is 29.5 Å². The van der Waals surface area contributed by atoms with Crippen LogP contribution in [0.15, 0.2) is 72.8 Å². The quantitative estimate of drug-likeness (QED) is 0.577. The molecule has 0 aliphatic heterocycles. The van der Waals surface area contributed by atoms with Gasteiger partial charge in [-0.3, -0.25) is 0 Å². The number of esters is 1. The average Bonchev–Trinajstić information content (AvgIpc) is 2.60. The Hall–Kier alpha value is -2.81. The number of hydrogen-bond acceptors (Lipinski definition) is 3. The molecule has 0 aliphatic rings. The summed E-state index contributed by atoms with van der Waals surface area (Å²) in [5.41, 5.74) is 3.51. The van der Waals surface area contributed by atoms with E-state index in [0.29, 0.717) is 5.56 Å². The van der Waals surface area contributed by atoms with Crippen molar-refractivity contribution in [2.75, 3.05) is 19.0 Å². The number of hydrogen-bond donors (Lipinski definition) is 0. The zero-order chi connectivity index (χ0) is 17.5. The maximum absolute atomic E-state index is 12.0. The summed E-state index contributed by atoms with van der Waals surface area (Å²) >= 11 is 0. The van der Waals surface area contributed by atoms with Gasteiger partial charge in [-0.25, -0.2) is 4.79 Å². The molecule has 0 amide bonds. The smallest absolute Gasteiger partial charge is 0.338 e. The van der Waals surface area contributed by atoms with Crippen molar-refractivity contribution in [1.82, 2.24) is 0 Å². The van der Waals surface area contributed by atoms with Crippen molar-refractivity contribution < 1.29 is 9.53 Å². The predicted molar refractivity (Wildman–Crippen MR) is 100 cm³/mol. The lowest BCUT2D eigenvalue weighted by atomic mass is 10.1. The monoisotopic (exact) mass is 321 g/mol. The van der Waals surface area contributed by atoms with Gasteiger partial charge in [0.25, 0.3) is 0 Å². The first kappa shape index (κ1) is 17.5. The normalized spacial score (nSPS) is 12.0. The van der Waals surface area contributed by atoms with Crippen molar-refractivity contribution >= 4 is 17.7 Å². The van der Waals surface area contributed by atoms with Crippen LogP contribution in [0, 0.1) is 0 Å². The maximum atomic E-state index is 12.0. The highest BCUT2D eigenvalue weighted by molar-refractivity contribution is 5.89. The van der Waals surface area contributed by atoms with Crippen LogP contribution in [0.25, 0.3) is 6.08 Å². The standard InChI is InChI=1S/C21H23NO2/c1-16(10-11-18-12-14-20(15-13-18)22(3)4)17(2)24-21(23)19-8-6-5-7-9-19/h5-15,17H,1H2,2-4H3/b11-10+. The van der Waals surface area contributed by atoms with Gasteiger partial charge in [-0.05, 0) is 42.3 Å². The highest BCUT2D eigenvalue weighted by Gasteiger charge is 2.12. The molecule has 0 fully saturated rings. The van der Waals surface area contributed by atoms with Crippen molar-refractivity contribution in [2.24, 2.45) is 0 Å². The molecule has 2 rings (SSSR count). The molecule has 3 heteroatoms. The third-order valence-electron chi connectivity index (χ3n) is 3.71. The van der Waals surface area contributed by atoms with Crippen LogP contribution in [-0.4, -0.2) is 26.2 Å². The van der Waals surface area contributed by atoms with Gasteiger partial charge < -0.3 is 9.64 Å². The molecular formula is C21H23NO2. The molecule has 24 heavy (non-hydrogen) atoms. The Bertz CT molecular complexity index is 715. The number of anilines is 1. The average molecular weight is 321 g/mol. The third kappa shape index (κ3) is 4.85. The van der Waals surface area contributed by atoms with E-state index < -0.39 is 0 Å². The van der Waals surface area contributed by atoms with E-state index >= 15 is 0 Å². The largest absolute Gasteiger partial charge is 0.454 e. The minimum atomic E-state index is -0.380. The highest BCUT2D eigenvalue weighted by atomic mass is 16.5. The Balaban J connectivity index is 1.94. The fourth-order valence-electron chi connectivity index (χ4n) is 2.10. The molecule has 0 radical (unpaired) electrons. The molecule has 0 aromatic heterocycles. The summed E-state index contributed by atoms with van der Waals surface area (Å²) in [6, 6.07) is 17.2. The summed E-state index contributed by atoms with van der Waals surface area (Å²) in [6.07, 6.45) is 3.47. The Morgan fingerprint density at radius 3 is 2.29 bits per heavy atom. The Labute approximate surface area is 143 Å². The van der Waals surface area contributed by atoms with E-state index in [9.17, 15) is 4.79 Å². The Morgan fingerprint density at radius 2 is 1.71 bits per heavy atom. The molecule has 0 saturated heterocycles. The molecule has 1 atom stereocenters. The number of ether oxygens (including phenoxy) is 1. The van der Waals surface area contributed by atoms with Crippen LogP contribution in [0.4, 0.5) is 5.69 Å². The van der Waals surface area contributed by atoms with Crippen LogP contribution in [0.3, 0.4) is 0 Å². The van der Waals surface area contributed by atoms with E-state index in [1.54, 1.807) is 12.1 Å². The molecule has 2 aromatic rings. The fourth-order valence-corrected chi connectivity index (χ4v) is 2.10. The lowest BCUT2D eigenvalue weighted by Gasteiger charge is -2.14. The van der Waals surface area contributed by atoms with Crippen molar-refractivity contribution in [3.8, 4) is 0 Å². The summed E-state index contributed by atoms with van der Waals surface area (Å²) in [5.74, 6) is -0.340. The van der Waals surface area contributed by atoms with Gasteiger partial charge in [-0.15, -0.1) is 0 Å². The van der Waals surface area contributed by atoms with Crippen LogP contribution in [0.1, 0.15) is 22.8 Å². The van der Waals surface area contributed by atoms with E-state index in [-0.39, 0.29) is 12.1 Å². The van der Waals surface area contributed by atoms with Crippen LogP contribution in [-0.2, 0) is 4.74 Å². The molecule has 0 saturated carbocycles. The van der Waals surface area contributed by atoms with Gasteiger partial charge in [-0.2, -0.15) is 0 Å². The second kappa shape index (κ2) is 8.16. The van der Waals surface area contributed by atoms with Crippen LogP contribution in [0.2, 0.25) is 0 Å². The fraction of sp³-hybridized carbons (Fsp3) is 0.190. The molecular weight excluding hydrogens is 298 g/mol. The van der Waals surface area contributed by atoms with Crippen molar-refractivity contribution in [3.05, 3.63) is 84.0 Å². The molecule has 124 valence electrons. The number of carbonyl (C=O) groups excluding carboxylic acids is 1. The Kier molecular flexibility index (Phi) is 5.96. The van der Waals surface area contributed by atoms with Crippen LogP contribution < -0.4 is 4.90 Å². The zero-order valence-electron chi connectivity index (χ0n) is 14.4. The minimum absolute atomic E-state index is 0.340. The summed E-state index contributed by atoms with van der Waals surface area (Å²) in [4.78, 5) is 14.1. The second-order valence-corrected chi connectivity index (χ2v) is 5.81. The first-order valence-electron chi connectivity index (χ1n) is 7.87. The minimum Gasteiger partial charge on any atom is -0.454 e. The van der Waals surface area contributed by atoms with Crippen LogP contribution >= 0.6 is 0 Å². The zero-order valence-corrected chi connectivity index (χ0v) is 14.4. The lowest BCUT2D eigenvalue weighted by molar-refractivity contribution is 0.0412.